The molecule has 0 radical (unpaired) electrons. The highest BCUT2D eigenvalue weighted by atomic mass is 32.1. The summed E-state index contributed by atoms with van der Waals surface area (Å²) in [6.07, 6.45) is 5.99. The standard InChI is InChI=1S/C11H18N2S/c1-2-9(12)6-10-7-14-11(13-10)5-8-3-4-8/h7-9H,2-6,12H2,1H3. The number of thiazole rings is 1. The fourth-order valence-electron chi connectivity index (χ4n) is 1.52. The van der Waals surface area contributed by atoms with Crippen LogP contribution in [-0.4, -0.2) is 11.0 Å². The summed E-state index contributed by atoms with van der Waals surface area (Å²) in [6, 6.07) is 0.283. The molecule has 1 aliphatic rings. The molecule has 14 heavy (non-hydrogen) atoms. The second-order valence-electron chi connectivity index (χ2n) is 4.25. The van der Waals surface area contributed by atoms with E-state index in [1.807, 2.05) is 0 Å². The maximum atomic E-state index is 5.89. The minimum Gasteiger partial charge on any atom is -0.327 e. The lowest BCUT2D eigenvalue weighted by atomic mass is 10.1. The van der Waals surface area contributed by atoms with Gasteiger partial charge in [-0.1, -0.05) is 6.92 Å². The molecule has 1 heterocycles. The fourth-order valence-corrected chi connectivity index (χ4v) is 2.44. The zero-order valence-electron chi connectivity index (χ0n) is 8.70. The summed E-state index contributed by atoms with van der Waals surface area (Å²) >= 11 is 1.80. The molecule has 0 saturated heterocycles. The number of hydrogen-bond acceptors (Lipinski definition) is 3. The van der Waals surface area contributed by atoms with Crippen LogP contribution in [0.2, 0.25) is 0 Å². The van der Waals surface area contributed by atoms with Gasteiger partial charge in [-0.15, -0.1) is 11.3 Å². The van der Waals surface area contributed by atoms with Crippen molar-refractivity contribution < 1.29 is 0 Å². The molecule has 2 rings (SSSR count). The lowest BCUT2D eigenvalue weighted by Crippen LogP contribution is -2.21. The highest BCUT2D eigenvalue weighted by Gasteiger charge is 2.22. The highest BCUT2D eigenvalue weighted by molar-refractivity contribution is 7.09. The lowest BCUT2D eigenvalue weighted by molar-refractivity contribution is 0.637. The Morgan fingerprint density at radius 1 is 1.64 bits per heavy atom. The molecule has 2 N–H and O–H groups in total. The van der Waals surface area contributed by atoms with E-state index in [1.165, 1.54) is 30.0 Å². The average molecular weight is 210 g/mol. The van der Waals surface area contributed by atoms with Crippen molar-refractivity contribution in [3.63, 3.8) is 0 Å². The summed E-state index contributed by atoms with van der Waals surface area (Å²) in [5, 5.41) is 3.48. The van der Waals surface area contributed by atoms with Crippen molar-refractivity contribution in [3.8, 4) is 0 Å². The third-order valence-electron chi connectivity index (χ3n) is 2.76. The Balaban J connectivity index is 1.88. The summed E-state index contributed by atoms with van der Waals surface area (Å²) < 4.78 is 0. The van der Waals surface area contributed by atoms with Crippen molar-refractivity contribution in [1.82, 2.24) is 4.98 Å². The van der Waals surface area contributed by atoms with E-state index in [-0.39, 0.29) is 6.04 Å². The van der Waals surface area contributed by atoms with Gasteiger partial charge >= 0.3 is 0 Å². The van der Waals surface area contributed by atoms with Gasteiger partial charge in [-0.3, -0.25) is 0 Å². The Kier molecular flexibility index (Phi) is 3.19. The Labute approximate surface area is 89.5 Å². The third kappa shape index (κ3) is 2.79. The SMILES string of the molecule is CCC(N)Cc1csc(CC2CC2)n1. The molecule has 2 nitrogen and oxygen atoms in total. The monoisotopic (exact) mass is 210 g/mol. The first-order valence-electron chi connectivity index (χ1n) is 5.46. The van der Waals surface area contributed by atoms with Crippen molar-refractivity contribution in [2.45, 2.75) is 45.1 Å². The van der Waals surface area contributed by atoms with E-state index in [4.69, 9.17) is 5.73 Å². The van der Waals surface area contributed by atoms with Crippen LogP contribution in [0, 0.1) is 5.92 Å². The van der Waals surface area contributed by atoms with Crippen LogP contribution in [-0.2, 0) is 12.8 Å². The zero-order valence-corrected chi connectivity index (χ0v) is 9.52. The van der Waals surface area contributed by atoms with E-state index in [0.29, 0.717) is 0 Å². The van der Waals surface area contributed by atoms with Crippen molar-refractivity contribution in [3.05, 3.63) is 16.1 Å². The smallest absolute Gasteiger partial charge is 0.0931 e. The van der Waals surface area contributed by atoms with Gasteiger partial charge in [-0.2, -0.15) is 0 Å². The van der Waals surface area contributed by atoms with Gasteiger partial charge in [0.2, 0.25) is 0 Å². The van der Waals surface area contributed by atoms with E-state index < -0.39 is 0 Å². The van der Waals surface area contributed by atoms with Crippen LogP contribution < -0.4 is 5.73 Å². The number of aromatic nitrogens is 1. The van der Waals surface area contributed by atoms with Crippen molar-refractivity contribution >= 4 is 11.3 Å². The van der Waals surface area contributed by atoms with E-state index in [0.717, 1.165) is 18.8 Å². The summed E-state index contributed by atoms with van der Waals surface area (Å²) in [5.41, 5.74) is 7.09. The van der Waals surface area contributed by atoms with Crippen molar-refractivity contribution in [2.75, 3.05) is 0 Å². The van der Waals surface area contributed by atoms with Gasteiger partial charge < -0.3 is 5.73 Å². The summed E-state index contributed by atoms with van der Waals surface area (Å²) in [6.45, 7) is 2.13. The molecule has 1 fully saturated rings. The Morgan fingerprint density at radius 3 is 3.07 bits per heavy atom. The predicted molar refractivity (Wildman–Crippen MR) is 60.5 cm³/mol. The van der Waals surface area contributed by atoms with Gasteiger partial charge in [0.05, 0.1) is 10.7 Å². The number of hydrogen-bond donors (Lipinski definition) is 1. The third-order valence-corrected chi connectivity index (χ3v) is 3.68. The molecular weight excluding hydrogens is 192 g/mol. The summed E-state index contributed by atoms with van der Waals surface area (Å²) in [7, 11) is 0. The molecule has 1 aliphatic carbocycles. The second kappa shape index (κ2) is 4.41. The Morgan fingerprint density at radius 2 is 2.43 bits per heavy atom. The molecule has 1 saturated carbocycles. The quantitative estimate of drug-likeness (QED) is 0.810. The van der Waals surface area contributed by atoms with Gasteiger partial charge in [0.25, 0.3) is 0 Å². The van der Waals surface area contributed by atoms with Crippen molar-refractivity contribution in [2.24, 2.45) is 11.7 Å². The summed E-state index contributed by atoms with van der Waals surface area (Å²) in [4.78, 5) is 4.62. The molecule has 0 aliphatic heterocycles. The first-order chi connectivity index (χ1) is 6.78. The maximum Gasteiger partial charge on any atom is 0.0931 e. The largest absolute Gasteiger partial charge is 0.327 e. The molecule has 1 aromatic heterocycles. The second-order valence-corrected chi connectivity index (χ2v) is 5.20. The minimum absolute atomic E-state index is 0.283. The number of nitrogens with zero attached hydrogens (tertiary/aromatic N) is 1. The molecule has 0 aromatic carbocycles. The molecule has 78 valence electrons. The molecule has 1 atom stereocenters. The van der Waals surface area contributed by atoms with Crippen molar-refractivity contribution in [1.29, 1.82) is 0 Å². The van der Waals surface area contributed by atoms with Crippen LogP contribution >= 0.6 is 11.3 Å². The van der Waals surface area contributed by atoms with Crippen LogP contribution in [0.3, 0.4) is 0 Å². The van der Waals surface area contributed by atoms with Gasteiger partial charge in [0.15, 0.2) is 0 Å². The molecule has 1 unspecified atom stereocenters. The van der Waals surface area contributed by atoms with Crippen LogP contribution in [0.15, 0.2) is 5.38 Å². The lowest BCUT2D eigenvalue weighted by Gasteiger charge is -2.04. The molecule has 1 aromatic rings. The van der Waals surface area contributed by atoms with Gasteiger partial charge in [-0.25, -0.2) is 4.98 Å². The fraction of sp³-hybridized carbons (Fsp3) is 0.727. The molecule has 3 heteroatoms. The van der Waals surface area contributed by atoms with Crippen LogP contribution in [0.4, 0.5) is 0 Å². The predicted octanol–water partition coefficient (Wildman–Crippen LogP) is 2.38. The number of nitrogens with two attached hydrogens (primary N) is 1. The van der Waals surface area contributed by atoms with Crippen LogP contribution in [0.25, 0.3) is 0 Å². The van der Waals surface area contributed by atoms with E-state index in [2.05, 4.69) is 17.3 Å². The topological polar surface area (TPSA) is 38.9 Å². The van der Waals surface area contributed by atoms with E-state index in [9.17, 15) is 0 Å². The molecular formula is C11H18N2S. The Hall–Kier alpha value is -0.410. The maximum absolute atomic E-state index is 5.89. The van der Waals surface area contributed by atoms with Gasteiger partial charge in [0, 0.05) is 24.3 Å². The highest BCUT2D eigenvalue weighted by Crippen LogP contribution is 2.33. The molecule has 0 spiro atoms. The minimum atomic E-state index is 0.283. The van der Waals surface area contributed by atoms with E-state index >= 15 is 0 Å². The van der Waals surface area contributed by atoms with Gasteiger partial charge in [0.1, 0.15) is 0 Å². The first-order valence-corrected chi connectivity index (χ1v) is 6.34. The normalized spacial score (nSPS) is 18.4. The first kappa shape index (κ1) is 10.1. The van der Waals surface area contributed by atoms with Crippen LogP contribution in [0.5, 0.6) is 0 Å². The zero-order chi connectivity index (χ0) is 9.97. The molecule has 0 bridgehead atoms. The van der Waals surface area contributed by atoms with Gasteiger partial charge in [-0.05, 0) is 25.2 Å². The number of rotatable bonds is 5. The Bertz CT molecular complexity index is 291. The van der Waals surface area contributed by atoms with Crippen LogP contribution in [0.1, 0.15) is 36.9 Å². The van der Waals surface area contributed by atoms with E-state index in [1.54, 1.807) is 11.3 Å². The molecule has 0 amide bonds. The average Bonchev–Trinajstić information content (AvgIpc) is 2.87. The summed E-state index contributed by atoms with van der Waals surface area (Å²) in [5.74, 6) is 0.939.